The van der Waals surface area contributed by atoms with Gasteiger partial charge in [-0.05, 0) is 68.2 Å². The number of anilines is 1. The number of rotatable bonds is 7. The zero-order valence-electron chi connectivity index (χ0n) is 22.5. The summed E-state index contributed by atoms with van der Waals surface area (Å²) in [4.78, 5) is 32.6. The Morgan fingerprint density at radius 2 is 1.70 bits per heavy atom. The number of pyridine rings is 1. The van der Waals surface area contributed by atoms with Gasteiger partial charge in [-0.15, -0.1) is 0 Å². The molecule has 2 N–H and O–H groups in total. The summed E-state index contributed by atoms with van der Waals surface area (Å²) in [5, 5.41) is 13.5. The number of alkyl halides is 3. The maximum absolute atomic E-state index is 14.1. The van der Waals surface area contributed by atoms with E-state index in [9.17, 15) is 27.9 Å². The highest BCUT2D eigenvalue weighted by Crippen LogP contribution is 2.42. The largest absolute Gasteiger partial charge is 0.497 e. The average Bonchev–Trinajstić information content (AvgIpc) is 2.96. The van der Waals surface area contributed by atoms with Gasteiger partial charge in [-0.3, -0.25) is 9.59 Å². The molecule has 2 aliphatic heterocycles. The summed E-state index contributed by atoms with van der Waals surface area (Å²) in [6.07, 6.45) is -1.24. The van der Waals surface area contributed by atoms with Crippen LogP contribution in [0, 0.1) is 11.8 Å². The molecule has 2 saturated heterocycles. The number of likely N-dealkylation sites (tertiary alicyclic amines) is 1. The number of nitrogens with zero attached hydrogens (tertiary/aromatic N) is 3. The number of amides is 2. The molecule has 0 aliphatic carbocycles. The lowest BCUT2D eigenvalue weighted by Gasteiger charge is -2.40. The van der Waals surface area contributed by atoms with Crippen LogP contribution in [-0.2, 0) is 10.4 Å². The number of hydrogen-bond acceptors (Lipinski definition) is 6. The molecular weight excluding hydrogens is 549 g/mol. The van der Waals surface area contributed by atoms with Crippen molar-refractivity contribution in [3.8, 4) is 5.75 Å². The van der Waals surface area contributed by atoms with Crippen LogP contribution < -0.4 is 15.0 Å². The van der Waals surface area contributed by atoms with Gasteiger partial charge in [0.25, 0.3) is 17.4 Å². The quantitative estimate of drug-likeness (QED) is 0.470. The zero-order chi connectivity index (χ0) is 29.1. The van der Waals surface area contributed by atoms with E-state index in [1.807, 2.05) is 0 Å². The maximum atomic E-state index is 14.1. The Morgan fingerprint density at radius 1 is 1.07 bits per heavy atom. The van der Waals surface area contributed by atoms with E-state index in [0.29, 0.717) is 24.3 Å². The molecule has 1 aromatic heterocycles. The van der Waals surface area contributed by atoms with Crippen molar-refractivity contribution in [3.05, 3.63) is 52.7 Å². The highest BCUT2D eigenvalue weighted by Gasteiger charge is 2.62. The van der Waals surface area contributed by atoms with Crippen molar-refractivity contribution in [2.24, 2.45) is 11.8 Å². The first kappa shape index (κ1) is 29.9. The summed E-state index contributed by atoms with van der Waals surface area (Å²) in [7, 11) is 2.84. The highest BCUT2D eigenvalue weighted by atomic mass is 35.5. The standard InChI is InChI=1S/C28H34ClF3N4O4/c1-33-25(37)22-6-7-23(34-24(22)29)35-12-8-18(9-13-35)16-19-10-14-36(15-11-19)26(38)27(39,28(30,31)32)20-4-3-5-21(17-20)40-2/h3-7,17-19,39H,8-16H2,1-2H3,(H,33,37)/t27-/m1/s1. The molecule has 0 spiro atoms. The van der Waals surface area contributed by atoms with Crippen LogP contribution in [0.1, 0.15) is 48.0 Å². The number of carbonyl (C=O) groups is 2. The van der Waals surface area contributed by atoms with Gasteiger partial charge in [0, 0.05) is 38.8 Å². The molecule has 3 heterocycles. The molecule has 0 radical (unpaired) electrons. The molecule has 12 heteroatoms. The third-order valence-corrected chi connectivity index (χ3v) is 8.31. The van der Waals surface area contributed by atoms with Gasteiger partial charge in [0.15, 0.2) is 0 Å². The fourth-order valence-electron chi connectivity index (χ4n) is 5.63. The van der Waals surface area contributed by atoms with E-state index < -0.39 is 23.2 Å². The number of aromatic nitrogens is 1. The van der Waals surface area contributed by atoms with Crippen molar-refractivity contribution in [3.63, 3.8) is 0 Å². The molecular formula is C28H34ClF3N4O4. The van der Waals surface area contributed by atoms with Gasteiger partial charge >= 0.3 is 6.18 Å². The Labute approximate surface area is 236 Å². The summed E-state index contributed by atoms with van der Waals surface area (Å²) in [5.74, 6) is -0.0649. The zero-order valence-corrected chi connectivity index (χ0v) is 23.3. The Balaban J connectivity index is 1.31. The van der Waals surface area contributed by atoms with Crippen LogP contribution in [0.15, 0.2) is 36.4 Å². The minimum Gasteiger partial charge on any atom is -0.497 e. The minimum absolute atomic E-state index is 0.123. The van der Waals surface area contributed by atoms with Crippen LogP contribution in [0.25, 0.3) is 0 Å². The number of benzene rings is 1. The summed E-state index contributed by atoms with van der Waals surface area (Å²) in [6, 6.07) is 8.36. The van der Waals surface area contributed by atoms with Crippen molar-refractivity contribution in [1.82, 2.24) is 15.2 Å². The van der Waals surface area contributed by atoms with Crippen LogP contribution in [0.5, 0.6) is 5.75 Å². The second kappa shape index (κ2) is 12.2. The van der Waals surface area contributed by atoms with Gasteiger partial charge in [-0.2, -0.15) is 13.2 Å². The predicted octanol–water partition coefficient (Wildman–Crippen LogP) is 4.40. The number of halogens is 4. The molecule has 8 nitrogen and oxygen atoms in total. The van der Waals surface area contributed by atoms with E-state index in [-0.39, 0.29) is 35.8 Å². The van der Waals surface area contributed by atoms with Crippen molar-refractivity contribution in [2.45, 2.75) is 43.9 Å². The molecule has 2 aliphatic rings. The van der Waals surface area contributed by atoms with E-state index in [1.54, 1.807) is 12.1 Å². The molecule has 1 atom stereocenters. The molecule has 2 amide bonds. The third-order valence-electron chi connectivity index (χ3n) is 8.02. The lowest BCUT2D eigenvalue weighted by Crippen LogP contribution is -2.57. The monoisotopic (exact) mass is 582 g/mol. The van der Waals surface area contributed by atoms with Gasteiger partial charge in [-0.1, -0.05) is 23.7 Å². The van der Waals surface area contributed by atoms with Crippen LogP contribution in [-0.4, -0.2) is 73.3 Å². The molecule has 0 bridgehead atoms. The lowest BCUT2D eigenvalue weighted by atomic mass is 9.82. The normalized spacial score (nSPS) is 18.8. The summed E-state index contributed by atoms with van der Waals surface area (Å²) >= 11 is 6.20. The van der Waals surface area contributed by atoms with E-state index in [4.69, 9.17) is 16.3 Å². The topological polar surface area (TPSA) is 95.0 Å². The van der Waals surface area contributed by atoms with Gasteiger partial charge in [-0.25, -0.2) is 4.98 Å². The number of methoxy groups -OCH3 is 1. The highest BCUT2D eigenvalue weighted by molar-refractivity contribution is 6.32. The van der Waals surface area contributed by atoms with Gasteiger partial charge in [0.05, 0.1) is 12.7 Å². The smallest absolute Gasteiger partial charge is 0.430 e. The first-order valence-corrected chi connectivity index (χ1v) is 13.7. The molecule has 40 heavy (non-hydrogen) atoms. The number of carbonyl (C=O) groups excluding carboxylic acids is 2. The molecule has 2 fully saturated rings. The molecule has 4 rings (SSSR count). The fourth-order valence-corrected chi connectivity index (χ4v) is 5.87. The third kappa shape index (κ3) is 6.15. The summed E-state index contributed by atoms with van der Waals surface area (Å²) < 4.78 is 47.3. The van der Waals surface area contributed by atoms with Crippen molar-refractivity contribution in [2.75, 3.05) is 45.2 Å². The van der Waals surface area contributed by atoms with Gasteiger partial charge in [0.1, 0.15) is 16.7 Å². The van der Waals surface area contributed by atoms with E-state index in [0.717, 1.165) is 55.2 Å². The molecule has 2 aromatic rings. The fraction of sp³-hybridized carbons (Fsp3) is 0.536. The van der Waals surface area contributed by atoms with Crippen LogP contribution in [0.2, 0.25) is 5.15 Å². The number of piperidine rings is 2. The molecule has 0 unspecified atom stereocenters. The van der Waals surface area contributed by atoms with Crippen LogP contribution in [0.3, 0.4) is 0 Å². The Kier molecular flexibility index (Phi) is 9.14. The van der Waals surface area contributed by atoms with E-state index >= 15 is 0 Å². The van der Waals surface area contributed by atoms with Crippen LogP contribution >= 0.6 is 11.6 Å². The number of hydrogen-bond donors (Lipinski definition) is 2. The molecule has 0 saturated carbocycles. The number of ether oxygens (including phenoxy) is 1. The number of nitrogens with one attached hydrogen (secondary N) is 1. The first-order chi connectivity index (χ1) is 19.0. The van der Waals surface area contributed by atoms with E-state index in [2.05, 4.69) is 15.2 Å². The number of aliphatic hydroxyl groups is 1. The van der Waals surface area contributed by atoms with Crippen molar-refractivity contribution in [1.29, 1.82) is 0 Å². The van der Waals surface area contributed by atoms with Crippen molar-refractivity contribution < 1.29 is 32.6 Å². The van der Waals surface area contributed by atoms with Crippen molar-refractivity contribution >= 4 is 29.2 Å². The lowest BCUT2D eigenvalue weighted by molar-refractivity contribution is -0.262. The first-order valence-electron chi connectivity index (χ1n) is 13.3. The Morgan fingerprint density at radius 3 is 2.25 bits per heavy atom. The Hall–Kier alpha value is -3.05. The van der Waals surface area contributed by atoms with Crippen LogP contribution in [0.4, 0.5) is 19.0 Å². The summed E-state index contributed by atoms with van der Waals surface area (Å²) in [6.45, 7) is 1.88. The van der Waals surface area contributed by atoms with Gasteiger partial charge in [0.2, 0.25) is 0 Å². The molecule has 218 valence electrons. The summed E-state index contributed by atoms with van der Waals surface area (Å²) in [5.41, 5.74) is -3.88. The van der Waals surface area contributed by atoms with E-state index in [1.165, 1.54) is 26.3 Å². The Bertz CT molecular complexity index is 1210. The van der Waals surface area contributed by atoms with Gasteiger partial charge < -0.3 is 25.0 Å². The average molecular weight is 583 g/mol. The maximum Gasteiger partial charge on any atom is 0.430 e. The predicted molar refractivity (Wildman–Crippen MR) is 144 cm³/mol. The minimum atomic E-state index is -5.19. The molecule has 1 aromatic carbocycles. The SMILES string of the molecule is CNC(=O)c1ccc(N2CCC(CC3CCN(C(=O)[C@](O)(c4cccc(OC)c4)C(F)(F)F)CC3)CC2)nc1Cl. The second-order valence-electron chi connectivity index (χ2n) is 10.4. The second-order valence-corrected chi connectivity index (χ2v) is 10.8.